The zero-order chi connectivity index (χ0) is 10.4. The maximum Gasteiger partial charge on any atom is 0.325 e. The molecule has 0 aliphatic rings. The van der Waals surface area contributed by atoms with Crippen LogP contribution >= 0.6 is 0 Å². The minimum atomic E-state index is -1.17. The monoisotopic (exact) mass is 197 g/mol. The van der Waals surface area contributed by atoms with Crippen LogP contribution in [-0.4, -0.2) is 18.7 Å². The lowest BCUT2D eigenvalue weighted by Gasteiger charge is -2.07. The minimum absolute atomic E-state index is 0.132. The number of halogens is 1. The summed E-state index contributed by atoms with van der Waals surface area (Å²) in [6, 6.07) is 7.98. The molecule has 0 saturated heterocycles. The molecule has 0 spiro atoms. The van der Waals surface area contributed by atoms with E-state index in [1.54, 1.807) is 0 Å². The molecule has 0 aliphatic carbocycles. The topological polar surface area (TPSA) is 52.3 Å². The number of nitrogens with two attached hydrogens (primary N) is 1. The second-order valence-electron chi connectivity index (χ2n) is 2.85. The van der Waals surface area contributed by atoms with Crippen LogP contribution in [0.1, 0.15) is 5.56 Å². The maximum absolute atomic E-state index is 11.9. The van der Waals surface area contributed by atoms with Crippen LogP contribution < -0.4 is 5.73 Å². The van der Waals surface area contributed by atoms with Crippen LogP contribution in [0.5, 0.6) is 0 Å². The van der Waals surface area contributed by atoms with Crippen LogP contribution in [0.3, 0.4) is 0 Å². The molecule has 0 aliphatic heterocycles. The van der Waals surface area contributed by atoms with Gasteiger partial charge < -0.3 is 10.5 Å². The molecule has 0 amide bonds. The molecule has 4 heteroatoms. The fourth-order valence-corrected chi connectivity index (χ4v) is 0.899. The first-order valence-electron chi connectivity index (χ1n) is 4.26. The second kappa shape index (κ2) is 5.34. The molecular formula is C10H12FNO2. The third-order valence-electron chi connectivity index (χ3n) is 1.69. The molecule has 0 heterocycles. The van der Waals surface area contributed by atoms with Gasteiger partial charge in [-0.25, -0.2) is 4.39 Å². The maximum atomic E-state index is 11.9. The van der Waals surface area contributed by atoms with Gasteiger partial charge in [0.05, 0.1) is 0 Å². The zero-order valence-electron chi connectivity index (χ0n) is 7.65. The van der Waals surface area contributed by atoms with Gasteiger partial charge in [-0.15, -0.1) is 0 Å². The van der Waals surface area contributed by atoms with Crippen LogP contribution in [0.2, 0.25) is 0 Å². The molecule has 1 unspecified atom stereocenters. The van der Waals surface area contributed by atoms with E-state index in [0.717, 1.165) is 5.56 Å². The Morgan fingerprint density at radius 2 is 2.07 bits per heavy atom. The Hall–Kier alpha value is -1.42. The van der Waals surface area contributed by atoms with Crippen LogP contribution in [-0.2, 0) is 16.1 Å². The highest BCUT2D eigenvalue weighted by atomic mass is 19.1. The third kappa shape index (κ3) is 3.14. The van der Waals surface area contributed by atoms with Gasteiger partial charge in [0.25, 0.3) is 0 Å². The molecule has 1 rings (SSSR count). The van der Waals surface area contributed by atoms with Crippen LogP contribution in [0.15, 0.2) is 30.3 Å². The summed E-state index contributed by atoms with van der Waals surface area (Å²) in [5.74, 6) is -0.712. The number of hydrogen-bond donors (Lipinski definition) is 1. The quantitative estimate of drug-likeness (QED) is 0.733. The molecule has 1 aromatic carbocycles. The molecule has 0 fully saturated rings. The lowest BCUT2D eigenvalue weighted by atomic mass is 10.2. The van der Waals surface area contributed by atoms with E-state index in [1.807, 2.05) is 30.3 Å². The molecule has 0 bridgehead atoms. The minimum Gasteiger partial charge on any atom is -0.460 e. The summed E-state index contributed by atoms with van der Waals surface area (Å²) in [4.78, 5) is 11.0. The molecule has 0 aromatic heterocycles. The molecule has 3 nitrogen and oxygen atoms in total. The number of rotatable bonds is 4. The van der Waals surface area contributed by atoms with Gasteiger partial charge in [-0.05, 0) is 5.56 Å². The Balaban J connectivity index is 2.38. The van der Waals surface area contributed by atoms with Crippen molar-refractivity contribution >= 4 is 5.97 Å². The van der Waals surface area contributed by atoms with Crippen LogP contribution in [0.4, 0.5) is 4.39 Å². The summed E-state index contributed by atoms with van der Waals surface area (Å²) in [6.45, 7) is -0.763. The Bertz CT molecular complexity index is 289. The van der Waals surface area contributed by atoms with Crippen LogP contribution in [0, 0.1) is 0 Å². The Morgan fingerprint density at radius 1 is 1.43 bits per heavy atom. The lowest BCUT2D eigenvalue weighted by molar-refractivity contribution is -0.146. The zero-order valence-corrected chi connectivity index (χ0v) is 7.65. The van der Waals surface area contributed by atoms with Crippen molar-refractivity contribution in [2.24, 2.45) is 5.73 Å². The van der Waals surface area contributed by atoms with Gasteiger partial charge in [-0.2, -0.15) is 0 Å². The van der Waals surface area contributed by atoms with Gasteiger partial charge in [-0.3, -0.25) is 4.79 Å². The van der Waals surface area contributed by atoms with Crippen molar-refractivity contribution in [1.29, 1.82) is 0 Å². The number of hydrogen-bond acceptors (Lipinski definition) is 3. The SMILES string of the molecule is NC(CF)C(=O)OCc1ccccc1. The number of carbonyl (C=O) groups excluding carboxylic acids is 1. The fraction of sp³-hybridized carbons (Fsp3) is 0.300. The van der Waals surface area contributed by atoms with Crippen molar-refractivity contribution in [3.8, 4) is 0 Å². The molecule has 1 aromatic rings. The van der Waals surface area contributed by atoms with Gasteiger partial charge in [0, 0.05) is 0 Å². The summed E-state index contributed by atoms with van der Waals surface area (Å²) < 4.78 is 16.7. The van der Waals surface area contributed by atoms with Gasteiger partial charge in [0.2, 0.25) is 0 Å². The van der Waals surface area contributed by atoms with Crippen LogP contribution in [0.25, 0.3) is 0 Å². The molecule has 0 saturated carbocycles. The van der Waals surface area contributed by atoms with Crippen molar-refractivity contribution in [1.82, 2.24) is 0 Å². The summed E-state index contributed by atoms with van der Waals surface area (Å²) in [5.41, 5.74) is 5.98. The summed E-state index contributed by atoms with van der Waals surface area (Å²) in [6.07, 6.45) is 0. The Kier molecular flexibility index (Phi) is 4.07. The van der Waals surface area contributed by atoms with Gasteiger partial charge >= 0.3 is 5.97 Å². The second-order valence-corrected chi connectivity index (χ2v) is 2.85. The molecule has 2 N–H and O–H groups in total. The Morgan fingerprint density at radius 3 is 2.64 bits per heavy atom. The molecular weight excluding hydrogens is 185 g/mol. The average molecular weight is 197 g/mol. The largest absolute Gasteiger partial charge is 0.460 e. The average Bonchev–Trinajstić information content (AvgIpc) is 2.26. The molecule has 14 heavy (non-hydrogen) atoms. The van der Waals surface area contributed by atoms with E-state index in [0.29, 0.717) is 0 Å². The smallest absolute Gasteiger partial charge is 0.325 e. The first-order valence-corrected chi connectivity index (χ1v) is 4.26. The van der Waals surface area contributed by atoms with Crippen molar-refractivity contribution in [2.45, 2.75) is 12.6 Å². The predicted octanol–water partition coefficient (Wildman–Crippen LogP) is 1.03. The van der Waals surface area contributed by atoms with Gasteiger partial charge in [0.1, 0.15) is 19.3 Å². The van der Waals surface area contributed by atoms with E-state index < -0.39 is 18.7 Å². The highest BCUT2D eigenvalue weighted by Gasteiger charge is 2.13. The van der Waals surface area contributed by atoms with E-state index in [1.165, 1.54) is 0 Å². The number of esters is 1. The fourth-order valence-electron chi connectivity index (χ4n) is 0.899. The van der Waals surface area contributed by atoms with E-state index >= 15 is 0 Å². The van der Waals surface area contributed by atoms with E-state index in [4.69, 9.17) is 10.5 Å². The number of alkyl halides is 1. The summed E-state index contributed by atoms with van der Waals surface area (Å²) in [7, 11) is 0. The molecule has 0 radical (unpaired) electrons. The standard InChI is InChI=1S/C10H12FNO2/c11-6-9(12)10(13)14-7-8-4-2-1-3-5-8/h1-5,9H,6-7,12H2. The van der Waals surface area contributed by atoms with Gasteiger partial charge in [0.15, 0.2) is 0 Å². The third-order valence-corrected chi connectivity index (χ3v) is 1.69. The first-order chi connectivity index (χ1) is 6.74. The predicted molar refractivity (Wildman–Crippen MR) is 50.2 cm³/mol. The van der Waals surface area contributed by atoms with E-state index in [2.05, 4.69) is 0 Å². The first kappa shape index (κ1) is 10.7. The van der Waals surface area contributed by atoms with Crippen molar-refractivity contribution < 1.29 is 13.9 Å². The van der Waals surface area contributed by atoms with Crippen molar-refractivity contribution in [2.75, 3.05) is 6.67 Å². The number of benzene rings is 1. The summed E-state index contributed by atoms with van der Waals surface area (Å²) in [5, 5.41) is 0. The van der Waals surface area contributed by atoms with Crippen molar-refractivity contribution in [3.05, 3.63) is 35.9 Å². The highest BCUT2D eigenvalue weighted by Crippen LogP contribution is 2.01. The van der Waals surface area contributed by atoms with E-state index in [-0.39, 0.29) is 6.61 Å². The normalized spacial score (nSPS) is 12.1. The van der Waals surface area contributed by atoms with Gasteiger partial charge in [-0.1, -0.05) is 30.3 Å². The summed E-state index contributed by atoms with van der Waals surface area (Å²) >= 11 is 0. The Labute approximate surface area is 81.7 Å². The number of ether oxygens (including phenoxy) is 1. The lowest BCUT2D eigenvalue weighted by Crippen LogP contribution is -2.34. The van der Waals surface area contributed by atoms with E-state index in [9.17, 15) is 9.18 Å². The highest BCUT2D eigenvalue weighted by molar-refractivity contribution is 5.75. The molecule has 1 atom stereocenters. The number of carbonyl (C=O) groups is 1. The van der Waals surface area contributed by atoms with Crippen molar-refractivity contribution in [3.63, 3.8) is 0 Å². The molecule has 76 valence electrons.